The molecule has 2 rings (SSSR count). The van der Waals surface area contributed by atoms with Crippen LogP contribution in [0.25, 0.3) is 0 Å². The number of allylic oxidation sites excluding steroid dienone is 5. The fourth-order valence-corrected chi connectivity index (χ4v) is 3.18. The summed E-state index contributed by atoms with van der Waals surface area (Å²) in [5, 5.41) is 0. The van der Waals surface area contributed by atoms with E-state index in [1.165, 1.54) is 11.1 Å². The first kappa shape index (κ1) is 22.6. The number of cyclic esters (lactones) is 1. The van der Waals surface area contributed by atoms with Gasteiger partial charge >= 0.3 is 11.8 Å². The van der Waals surface area contributed by atoms with Crippen molar-refractivity contribution >= 4 is 17.5 Å². The molecule has 0 spiro atoms. The number of aryl methyl sites for hydroxylation is 1. The van der Waals surface area contributed by atoms with Crippen LogP contribution in [-0.2, 0) is 25.5 Å². The fraction of sp³-hybridized carbons (Fsp3) is 0.458. The summed E-state index contributed by atoms with van der Waals surface area (Å²) in [6, 6.07) is 2.01. The van der Waals surface area contributed by atoms with Crippen molar-refractivity contribution in [3.63, 3.8) is 0 Å². The molecule has 2 heterocycles. The molecule has 29 heavy (non-hydrogen) atoms. The Bertz CT molecular complexity index is 795. The molecule has 156 valence electrons. The van der Waals surface area contributed by atoms with E-state index in [9.17, 15) is 14.4 Å². The number of Topliss-reactive ketones (excluding diaryl/α,β-unsaturated/α-hetero) is 2. The quantitative estimate of drug-likeness (QED) is 0.229. The van der Waals surface area contributed by atoms with Crippen molar-refractivity contribution < 1.29 is 23.5 Å². The number of furan rings is 1. The van der Waals surface area contributed by atoms with Gasteiger partial charge in [0, 0.05) is 6.42 Å². The van der Waals surface area contributed by atoms with E-state index < -0.39 is 23.6 Å². The minimum atomic E-state index is -1.04. The topological polar surface area (TPSA) is 73.6 Å². The predicted octanol–water partition coefficient (Wildman–Crippen LogP) is 4.92. The van der Waals surface area contributed by atoms with E-state index in [-0.39, 0.29) is 0 Å². The van der Waals surface area contributed by atoms with Gasteiger partial charge in [-0.1, -0.05) is 42.4 Å². The molecule has 0 amide bonds. The van der Waals surface area contributed by atoms with E-state index in [0.29, 0.717) is 12.3 Å². The predicted molar refractivity (Wildman–Crippen MR) is 111 cm³/mol. The maximum atomic E-state index is 11.6. The Balaban J connectivity index is 1.65. The zero-order valence-corrected chi connectivity index (χ0v) is 17.5. The first-order valence-corrected chi connectivity index (χ1v) is 10.2. The molecule has 0 N–H and O–H groups in total. The van der Waals surface area contributed by atoms with Crippen molar-refractivity contribution in [2.45, 2.75) is 65.4 Å². The molecule has 0 bridgehead atoms. The molecule has 1 aliphatic heterocycles. The monoisotopic (exact) mass is 398 g/mol. The van der Waals surface area contributed by atoms with Gasteiger partial charge in [0.15, 0.2) is 6.10 Å². The van der Waals surface area contributed by atoms with Gasteiger partial charge in [0.25, 0.3) is 5.78 Å². The van der Waals surface area contributed by atoms with Crippen LogP contribution in [0.5, 0.6) is 0 Å². The van der Waals surface area contributed by atoms with Gasteiger partial charge in [0.1, 0.15) is 0 Å². The van der Waals surface area contributed by atoms with Crippen molar-refractivity contribution in [1.82, 2.24) is 0 Å². The molecule has 2 unspecified atom stereocenters. The highest BCUT2D eigenvalue weighted by Crippen LogP contribution is 2.18. The Morgan fingerprint density at radius 3 is 2.66 bits per heavy atom. The highest BCUT2D eigenvalue weighted by atomic mass is 16.6. The number of carbonyl (C=O) groups is 3. The second-order valence-corrected chi connectivity index (χ2v) is 7.78. The summed E-state index contributed by atoms with van der Waals surface area (Å²) in [5.74, 6) is -2.37. The molecular formula is C24H30O5. The molecule has 5 nitrogen and oxygen atoms in total. The average molecular weight is 398 g/mol. The van der Waals surface area contributed by atoms with Gasteiger partial charge in [-0.2, -0.15) is 0 Å². The average Bonchev–Trinajstić information content (AvgIpc) is 3.27. The number of carbonyl (C=O) groups excluding carboxylic acids is 3. The van der Waals surface area contributed by atoms with Crippen LogP contribution >= 0.6 is 0 Å². The van der Waals surface area contributed by atoms with Gasteiger partial charge in [-0.3, -0.25) is 9.59 Å². The van der Waals surface area contributed by atoms with Gasteiger partial charge in [0.05, 0.1) is 12.5 Å². The Morgan fingerprint density at radius 1 is 1.21 bits per heavy atom. The number of rotatable bonds is 11. The lowest BCUT2D eigenvalue weighted by atomic mass is 10.0. The molecule has 2 atom stereocenters. The largest absolute Gasteiger partial charge is 0.472 e. The summed E-state index contributed by atoms with van der Waals surface area (Å²) in [5.41, 5.74) is 3.56. The van der Waals surface area contributed by atoms with E-state index in [1.54, 1.807) is 12.5 Å². The summed E-state index contributed by atoms with van der Waals surface area (Å²) in [6.07, 6.45) is 16.5. The van der Waals surface area contributed by atoms with Crippen LogP contribution in [0.1, 0.15) is 58.4 Å². The lowest BCUT2D eigenvalue weighted by molar-refractivity contribution is -0.148. The standard InChI is InChI=1S/C24H30O5/c1-17(7-4-8-18(2)10-6-12-20-13-14-28-16-20)9-5-11-19(3)15-21-22(25)23(26)24(27)29-21/h4,7-8,11,13-14,16-17,21H,5-6,9-10,12,15H2,1-3H3/b7-4+,18-8+,19-11+. The second kappa shape index (κ2) is 11.3. The minimum Gasteiger partial charge on any atom is -0.472 e. The highest BCUT2D eigenvalue weighted by Gasteiger charge is 2.41. The van der Waals surface area contributed by atoms with Crippen molar-refractivity contribution in [1.29, 1.82) is 0 Å². The molecule has 1 aromatic heterocycles. The normalized spacial score (nSPS) is 19.3. The molecule has 5 heteroatoms. The van der Waals surface area contributed by atoms with Gasteiger partial charge in [0.2, 0.25) is 0 Å². The molecule has 1 aliphatic rings. The third-order valence-corrected chi connectivity index (χ3v) is 5.01. The van der Waals surface area contributed by atoms with Gasteiger partial charge in [-0.05, 0) is 63.5 Å². The van der Waals surface area contributed by atoms with E-state index in [2.05, 4.69) is 32.1 Å². The molecule has 0 aliphatic carbocycles. The molecule has 0 aromatic carbocycles. The van der Waals surface area contributed by atoms with Crippen LogP contribution in [-0.4, -0.2) is 23.6 Å². The first-order chi connectivity index (χ1) is 13.9. The van der Waals surface area contributed by atoms with Crippen molar-refractivity contribution in [3.8, 4) is 0 Å². The fourth-order valence-electron chi connectivity index (χ4n) is 3.18. The van der Waals surface area contributed by atoms with E-state index >= 15 is 0 Å². The number of hydrogen-bond donors (Lipinski definition) is 0. The lowest BCUT2D eigenvalue weighted by Gasteiger charge is -2.08. The van der Waals surface area contributed by atoms with Crippen LogP contribution in [0, 0.1) is 5.92 Å². The second-order valence-electron chi connectivity index (χ2n) is 7.78. The number of esters is 1. The van der Waals surface area contributed by atoms with Crippen LogP contribution < -0.4 is 0 Å². The summed E-state index contributed by atoms with van der Waals surface area (Å²) in [6.45, 7) is 6.21. The highest BCUT2D eigenvalue weighted by molar-refractivity contribution is 6.65. The van der Waals surface area contributed by atoms with Crippen molar-refractivity contribution in [2.75, 3.05) is 0 Å². The van der Waals surface area contributed by atoms with Gasteiger partial charge < -0.3 is 9.15 Å². The molecule has 1 saturated heterocycles. The molecule has 0 radical (unpaired) electrons. The third-order valence-electron chi connectivity index (χ3n) is 5.01. The summed E-state index contributed by atoms with van der Waals surface area (Å²) < 4.78 is 9.89. The first-order valence-electron chi connectivity index (χ1n) is 10.2. The Morgan fingerprint density at radius 2 is 2.00 bits per heavy atom. The zero-order chi connectivity index (χ0) is 21.2. The van der Waals surface area contributed by atoms with Crippen molar-refractivity contribution in [2.24, 2.45) is 5.92 Å². The number of ether oxygens (including phenoxy) is 1. The van der Waals surface area contributed by atoms with Crippen molar-refractivity contribution in [3.05, 3.63) is 59.6 Å². The molecule has 1 fully saturated rings. The smallest absolute Gasteiger partial charge is 0.383 e. The molecule has 1 aromatic rings. The third kappa shape index (κ3) is 7.68. The van der Waals surface area contributed by atoms with E-state index in [1.807, 2.05) is 19.1 Å². The Hall–Kier alpha value is -2.69. The summed E-state index contributed by atoms with van der Waals surface area (Å²) in [4.78, 5) is 33.9. The van der Waals surface area contributed by atoms with Crippen LogP contribution in [0.3, 0.4) is 0 Å². The maximum Gasteiger partial charge on any atom is 0.383 e. The molecular weight excluding hydrogens is 368 g/mol. The van der Waals surface area contributed by atoms with E-state index in [4.69, 9.17) is 9.15 Å². The summed E-state index contributed by atoms with van der Waals surface area (Å²) in [7, 11) is 0. The summed E-state index contributed by atoms with van der Waals surface area (Å²) >= 11 is 0. The van der Waals surface area contributed by atoms with Gasteiger partial charge in [-0.25, -0.2) is 4.79 Å². The Labute approximate surface area is 172 Å². The number of ketones is 2. The SMILES string of the molecule is C/C(=C\C=C\C(C)CC/C=C(\C)CC1OC(=O)C(=O)C1=O)CCCc1ccoc1. The van der Waals surface area contributed by atoms with Crippen LogP contribution in [0.4, 0.5) is 0 Å². The van der Waals surface area contributed by atoms with Gasteiger partial charge in [-0.15, -0.1) is 0 Å². The van der Waals surface area contributed by atoms with E-state index in [0.717, 1.165) is 37.7 Å². The Kier molecular flexibility index (Phi) is 8.84. The van der Waals surface area contributed by atoms with Crippen LogP contribution in [0.15, 0.2) is 58.5 Å². The molecule has 0 saturated carbocycles. The minimum absolute atomic E-state index is 0.293. The lowest BCUT2D eigenvalue weighted by Crippen LogP contribution is -2.20. The number of hydrogen-bond acceptors (Lipinski definition) is 5. The van der Waals surface area contributed by atoms with Crippen LogP contribution in [0.2, 0.25) is 0 Å². The zero-order valence-electron chi connectivity index (χ0n) is 17.5. The maximum absolute atomic E-state index is 11.6.